The molecule has 0 fully saturated rings. The van der Waals surface area contributed by atoms with Crippen LogP contribution < -0.4 is 0 Å². The fourth-order valence-corrected chi connectivity index (χ4v) is 2.34. The summed E-state index contributed by atoms with van der Waals surface area (Å²) >= 11 is 0. The van der Waals surface area contributed by atoms with Crippen LogP contribution in [0.3, 0.4) is 0 Å². The molecule has 0 saturated heterocycles. The monoisotopic (exact) mass is 340 g/mol. The van der Waals surface area contributed by atoms with Gasteiger partial charge in [-0.2, -0.15) is 10.4 Å². The number of hydrogen-bond donors (Lipinski definition) is 0. The van der Waals surface area contributed by atoms with Gasteiger partial charge in [0.1, 0.15) is 18.2 Å². The summed E-state index contributed by atoms with van der Waals surface area (Å²) < 4.78 is 1.70. The highest BCUT2D eigenvalue weighted by atomic mass is 16.2. The molecule has 0 radical (unpaired) electrons. The van der Waals surface area contributed by atoms with Gasteiger partial charge in [0.2, 0.25) is 5.91 Å². The maximum Gasteiger partial charge on any atom is 0.237 e. The highest BCUT2D eigenvalue weighted by Crippen LogP contribution is 2.21. The second-order valence-electron chi connectivity index (χ2n) is 6.65. The lowest BCUT2D eigenvalue weighted by Crippen LogP contribution is -2.47. The summed E-state index contributed by atoms with van der Waals surface area (Å²) in [6, 6.07) is 10.2. The van der Waals surface area contributed by atoms with Crippen LogP contribution in [-0.2, 0) is 4.79 Å². The van der Waals surface area contributed by atoms with Crippen molar-refractivity contribution in [3.8, 4) is 11.8 Å². The Bertz CT molecular complexity index is 745. The Morgan fingerprint density at radius 1 is 1.32 bits per heavy atom. The van der Waals surface area contributed by atoms with E-state index in [1.807, 2.05) is 43.1 Å². The van der Waals surface area contributed by atoms with Gasteiger partial charge in [-0.05, 0) is 45.5 Å². The van der Waals surface area contributed by atoms with Gasteiger partial charge in [-0.25, -0.2) is 9.67 Å². The molecular weight excluding hydrogens is 316 g/mol. The van der Waals surface area contributed by atoms with E-state index < -0.39 is 5.54 Å². The number of aromatic nitrogens is 3. The molecule has 0 aliphatic heterocycles. The lowest BCUT2D eigenvalue weighted by molar-refractivity contribution is -0.134. The molecule has 0 spiro atoms. The summed E-state index contributed by atoms with van der Waals surface area (Å²) in [6.45, 7) is 5.76. The van der Waals surface area contributed by atoms with Crippen molar-refractivity contribution < 1.29 is 4.79 Å². The quantitative estimate of drug-likeness (QED) is 0.804. The van der Waals surface area contributed by atoms with E-state index in [4.69, 9.17) is 5.26 Å². The van der Waals surface area contributed by atoms with Crippen molar-refractivity contribution in [1.82, 2.24) is 24.6 Å². The van der Waals surface area contributed by atoms with Crippen LogP contribution in [0, 0.1) is 11.3 Å². The normalized spacial score (nSPS) is 12.7. The molecule has 132 valence electrons. The van der Waals surface area contributed by atoms with Crippen LogP contribution in [0.15, 0.2) is 36.9 Å². The molecule has 0 bridgehead atoms. The predicted octanol–water partition coefficient (Wildman–Crippen LogP) is 2.02. The largest absolute Gasteiger partial charge is 0.326 e. The molecule has 0 saturated carbocycles. The van der Waals surface area contributed by atoms with Crippen molar-refractivity contribution in [2.75, 3.05) is 20.6 Å². The van der Waals surface area contributed by atoms with Crippen LogP contribution in [0.2, 0.25) is 0 Å². The van der Waals surface area contributed by atoms with Gasteiger partial charge in [0.25, 0.3) is 0 Å². The van der Waals surface area contributed by atoms with E-state index in [9.17, 15) is 4.79 Å². The molecule has 1 aromatic carbocycles. The summed E-state index contributed by atoms with van der Waals surface area (Å²) in [5.41, 5.74) is 1.21. The Kier molecular flexibility index (Phi) is 5.55. The fraction of sp³-hybridized carbons (Fsp3) is 0.444. The van der Waals surface area contributed by atoms with Crippen molar-refractivity contribution >= 4 is 5.91 Å². The van der Waals surface area contributed by atoms with Crippen molar-refractivity contribution in [2.45, 2.75) is 32.4 Å². The molecule has 0 N–H and O–H groups in total. The molecular formula is C18H24N6O. The molecule has 1 aromatic heterocycles. The molecule has 1 atom stereocenters. The van der Waals surface area contributed by atoms with E-state index in [1.54, 1.807) is 31.9 Å². The minimum absolute atomic E-state index is 0.0624. The SMILES string of the molecule is C[C@H](c1ccc(-n2cncn2)cc1)N(C)CC(=O)N(C)C(C)(C)C#N. The third kappa shape index (κ3) is 4.22. The molecule has 7 heteroatoms. The first-order valence-corrected chi connectivity index (χ1v) is 8.09. The molecule has 2 aromatic rings. The molecule has 0 aliphatic rings. The van der Waals surface area contributed by atoms with Crippen LogP contribution in [0.25, 0.3) is 5.69 Å². The third-order valence-electron chi connectivity index (χ3n) is 4.59. The molecule has 25 heavy (non-hydrogen) atoms. The number of nitrogens with zero attached hydrogens (tertiary/aromatic N) is 6. The highest BCUT2D eigenvalue weighted by Gasteiger charge is 2.28. The van der Waals surface area contributed by atoms with Crippen LogP contribution in [0.4, 0.5) is 0 Å². The van der Waals surface area contributed by atoms with Crippen LogP contribution in [0.1, 0.15) is 32.4 Å². The number of likely N-dealkylation sites (N-methyl/N-ethyl adjacent to an activating group) is 2. The number of rotatable bonds is 6. The number of benzene rings is 1. The molecule has 0 unspecified atom stereocenters. The van der Waals surface area contributed by atoms with Crippen LogP contribution in [-0.4, -0.2) is 56.7 Å². The Labute approximate surface area is 148 Å². The zero-order valence-electron chi connectivity index (χ0n) is 15.3. The van der Waals surface area contributed by atoms with Gasteiger partial charge < -0.3 is 4.90 Å². The fourth-order valence-electron chi connectivity index (χ4n) is 2.34. The van der Waals surface area contributed by atoms with E-state index in [0.717, 1.165) is 11.3 Å². The van der Waals surface area contributed by atoms with Gasteiger partial charge in [0.15, 0.2) is 0 Å². The Hall–Kier alpha value is -2.72. The standard InChI is InChI=1S/C18H24N6O/c1-14(22(4)10-17(25)23(5)18(2,3)11-19)15-6-8-16(9-7-15)24-13-20-12-21-24/h6-9,12-14H,10H2,1-5H3/t14-/m1/s1. The van der Waals surface area contributed by atoms with Gasteiger partial charge in [-0.1, -0.05) is 12.1 Å². The molecule has 0 aliphatic carbocycles. The van der Waals surface area contributed by atoms with Gasteiger partial charge in [-0.15, -0.1) is 0 Å². The Balaban J connectivity index is 2.03. The maximum absolute atomic E-state index is 12.4. The summed E-state index contributed by atoms with van der Waals surface area (Å²) in [7, 11) is 3.57. The highest BCUT2D eigenvalue weighted by molar-refractivity contribution is 5.79. The minimum atomic E-state index is -0.819. The predicted molar refractivity (Wildman–Crippen MR) is 94.9 cm³/mol. The van der Waals surface area contributed by atoms with Crippen LogP contribution in [0.5, 0.6) is 0 Å². The molecule has 2 rings (SSSR count). The lowest BCUT2D eigenvalue weighted by atomic mass is 10.1. The van der Waals surface area contributed by atoms with Gasteiger partial charge in [0, 0.05) is 13.1 Å². The zero-order valence-corrected chi connectivity index (χ0v) is 15.3. The number of carbonyl (C=O) groups excluding carboxylic acids is 1. The third-order valence-corrected chi connectivity index (χ3v) is 4.59. The molecule has 7 nitrogen and oxygen atoms in total. The average molecular weight is 340 g/mol. The minimum Gasteiger partial charge on any atom is -0.326 e. The van der Waals surface area contributed by atoms with E-state index in [-0.39, 0.29) is 18.5 Å². The number of hydrogen-bond acceptors (Lipinski definition) is 5. The van der Waals surface area contributed by atoms with Crippen LogP contribution >= 0.6 is 0 Å². The summed E-state index contributed by atoms with van der Waals surface area (Å²) in [4.78, 5) is 19.8. The second kappa shape index (κ2) is 7.45. The Morgan fingerprint density at radius 3 is 2.48 bits per heavy atom. The van der Waals surface area contributed by atoms with E-state index in [0.29, 0.717) is 0 Å². The number of carbonyl (C=O) groups is 1. The maximum atomic E-state index is 12.4. The first kappa shape index (κ1) is 18.6. The number of nitriles is 1. The average Bonchev–Trinajstić information content (AvgIpc) is 3.15. The van der Waals surface area contributed by atoms with Gasteiger partial charge in [0.05, 0.1) is 18.3 Å². The summed E-state index contributed by atoms with van der Waals surface area (Å²) in [5.74, 6) is -0.0832. The van der Waals surface area contributed by atoms with E-state index in [1.165, 1.54) is 11.2 Å². The van der Waals surface area contributed by atoms with Gasteiger partial charge in [-0.3, -0.25) is 9.69 Å². The van der Waals surface area contributed by atoms with Gasteiger partial charge >= 0.3 is 0 Å². The zero-order chi connectivity index (χ0) is 18.6. The molecule has 1 amide bonds. The first-order chi connectivity index (χ1) is 11.8. The first-order valence-electron chi connectivity index (χ1n) is 8.09. The van der Waals surface area contributed by atoms with Crippen molar-refractivity contribution in [2.24, 2.45) is 0 Å². The van der Waals surface area contributed by atoms with Crippen molar-refractivity contribution in [3.63, 3.8) is 0 Å². The van der Waals surface area contributed by atoms with Crippen molar-refractivity contribution in [1.29, 1.82) is 5.26 Å². The number of amides is 1. The smallest absolute Gasteiger partial charge is 0.237 e. The summed E-state index contributed by atoms with van der Waals surface area (Å²) in [5, 5.41) is 13.3. The van der Waals surface area contributed by atoms with Crippen molar-refractivity contribution in [3.05, 3.63) is 42.5 Å². The van der Waals surface area contributed by atoms with E-state index >= 15 is 0 Å². The topological polar surface area (TPSA) is 78.1 Å². The Morgan fingerprint density at radius 2 is 1.96 bits per heavy atom. The summed E-state index contributed by atoms with van der Waals surface area (Å²) in [6.07, 6.45) is 3.14. The second-order valence-corrected chi connectivity index (χ2v) is 6.65. The lowest BCUT2D eigenvalue weighted by Gasteiger charge is -2.32. The van der Waals surface area contributed by atoms with E-state index in [2.05, 4.69) is 16.2 Å². The molecule has 1 heterocycles.